The van der Waals surface area contributed by atoms with Gasteiger partial charge in [-0.25, -0.2) is 4.39 Å². The van der Waals surface area contributed by atoms with E-state index in [2.05, 4.69) is 5.32 Å². The number of benzene rings is 2. The van der Waals surface area contributed by atoms with Crippen molar-refractivity contribution in [3.8, 4) is 0 Å². The van der Waals surface area contributed by atoms with Crippen LogP contribution in [0.25, 0.3) is 0 Å². The number of carbonyl (C=O) groups is 2. The predicted molar refractivity (Wildman–Crippen MR) is 92.4 cm³/mol. The van der Waals surface area contributed by atoms with E-state index in [-0.39, 0.29) is 29.4 Å². The van der Waals surface area contributed by atoms with Crippen LogP contribution in [0.5, 0.6) is 0 Å². The van der Waals surface area contributed by atoms with E-state index in [9.17, 15) is 14.0 Å². The molecule has 2 rings (SSSR count). The number of carbonyl (C=O) groups excluding carboxylic acids is 2. The summed E-state index contributed by atoms with van der Waals surface area (Å²) in [5.74, 6) is -1.23. The molecular weight excluding hydrogens is 331 g/mol. The Bertz CT molecular complexity index is 737. The number of hydrogen-bond acceptors (Lipinski definition) is 2. The summed E-state index contributed by atoms with van der Waals surface area (Å²) in [6, 6.07) is 13.2. The van der Waals surface area contributed by atoms with Gasteiger partial charge < -0.3 is 10.2 Å². The van der Waals surface area contributed by atoms with Crippen LogP contribution in [0.1, 0.15) is 25.5 Å². The Hall–Kier alpha value is -2.40. The SMILES string of the molecule is CC(=O)N(CC(=O)NC(C)c1ccccc1)c1ccc(F)c(Cl)c1. The summed E-state index contributed by atoms with van der Waals surface area (Å²) in [4.78, 5) is 25.3. The van der Waals surface area contributed by atoms with Crippen LogP contribution in [0.4, 0.5) is 10.1 Å². The summed E-state index contributed by atoms with van der Waals surface area (Å²) < 4.78 is 13.3. The molecule has 0 spiro atoms. The second-order valence-electron chi connectivity index (χ2n) is 5.40. The Morgan fingerprint density at radius 2 is 1.88 bits per heavy atom. The number of halogens is 2. The molecule has 0 heterocycles. The van der Waals surface area contributed by atoms with Crippen molar-refractivity contribution < 1.29 is 14.0 Å². The van der Waals surface area contributed by atoms with Gasteiger partial charge in [-0.1, -0.05) is 41.9 Å². The highest BCUT2D eigenvalue weighted by atomic mass is 35.5. The molecule has 126 valence electrons. The maximum absolute atomic E-state index is 13.3. The topological polar surface area (TPSA) is 49.4 Å². The van der Waals surface area contributed by atoms with Gasteiger partial charge in [-0.05, 0) is 30.7 Å². The zero-order chi connectivity index (χ0) is 17.7. The van der Waals surface area contributed by atoms with E-state index < -0.39 is 5.82 Å². The molecule has 0 aromatic heterocycles. The van der Waals surface area contributed by atoms with Crippen LogP contribution in [0, 0.1) is 5.82 Å². The molecule has 0 radical (unpaired) electrons. The fraction of sp³-hybridized carbons (Fsp3) is 0.222. The Morgan fingerprint density at radius 1 is 1.21 bits per heavy atom. The normalized spacial score (nSPS) is 11.7. The first-order valence-electron chi connectivity index (χ1n) is 7.46. The van der Waals surface area contributed by atoms with Crippen LogP contribution < -0.4 is 10.2 Å². The van der Waals surface area contributed by atoms with Crippen LogP contribution in [-0.2, 0) is 9.59 Å². The minimum absolute atomic E-state index is 0.100. The molecule has 0 saturated carbocycles. The molecule has 2 amide bonds. The van der Waals surface area contributed by atoms with Crippen LogP contribution >= 0.6 is 11.6 Å². The van der Waals surface area contributed by atoms with Crippen LogP contribution in [0.15, 0.2) is 48.5 Å². The summed E-state index contributed by atoms with van der Waals surface area (Å²) >= 11 is 5.75. The van der Waals surface area contributed by atoms with Crippen LogP contribution in [0.2, 0.25) is 5.02 Å². The average Bonchev–Trinajstić information content (AvgIpc) is 2.56. The highest BCUT2D eigenvalue weighted by Crippen LogP contribution is 2.23. The second-order valence-corrected chi connectivity index (χ2v) is 5.81. The molecule has 0 fully saturated rings. The molecule has 24 heavy (non-hydrogen) atoms. The van der Waals surface area contributed by atoms with Crippen molar-refractivity contribution in [2.24, 2.45) is 0 Å². The predicted octanol–water partition coefficient (Wildman–Crippen LogP) is 3.71. The maximum atomic E-state index is 13.3. The first kappa shape index (κ1) is 17.9. The monoisotopic (exact) mass is 348 g/mol. The minimum Gasteiger partial charge on any atom is -0.348 e. The molecule has 0 saturated heterocycles. The van der Waals surface area contributed by atoms with Crippen LogP contribution in [-0.4, -0.2) is 18.4 Å². The first-order chi connectivity index (χ1) is 11.4. The van der Waals surface area contributed by atoms with Gasteiger partial charge in [0.25, 0.3) is 0 Å². The van der Waals surface area contributed by atoms with Gasteiger partial charge >= 0.3 is 0 Å². The number of nitrogens with zero attached hydrogens (tertiary/aromatic N) is 1. The summed E-state index contributed by atoms with van der Waals surface area (Å²) in [6.07, 6.45) is 0. The average molecular weight is 349 g/mol. The minimum atomic E-state index is -0.578. The molecule has 2 aromatic rings. The zero-order valence-electron chi connectivity index (χ0n) is 13.4. The molecule has 1 N–H and O–H groups in total. The highest BCUT2D eigenvalue weighted by Gasteiger charge is 2.18. The molecule has 2 aromatic carbocycles. The lowest BCUT2D eigenvalue weighted by atomic mass is 10.1. The Morgan fingerprint density at radius 3 is 2.46 bits per heavy atom. The van der Waals surface area contributed by atoms with E-state index in [1.165, 1.54) is 24.0 Å². The zero-order valence-corrected chi connectivity index (χ0v) is 14.2. The number of amides is 2. The van der Waals surface area contributed by atoms with Crippen molar-refractivity contribution in [1.82, 2.24) is 5.32 Å². The van der Waals surface area contributed by atoms with Crippen molar-refractivity contribution in [2.45, 2.75) is 19.9 Å². The first-order valence-corrected chi connectivity index (χ1v) is 7.83. The Kier molecular flexibility index (Phi) is 5.93. The van der Waals surface area contributed by atoms with E-state index in [0.717, 1.165) is 11.6 Å². The third kappa shape index (κ3) is 4.55. The smallest absolute Gasteiger partial charge is 0.240 e. The van der Waals surface area contributed by atoms with E-state index in [4.69, 9.17) is 11.6 Å². The van der Waals surface area contributed by atoms with E-state index in [1.54, 1.807) is 0 Å². The molecule has 0 aliphatic rings. The molecule has 0 aliphatic carbocycles. The van der Waals surface area contributed by atoms with Gasteiger partial charge in [0, 0.05) is 12.6 Å². The van der Waals surface area contributed by atoms with Gasteiger partial charge in [-0.15, -0.1) is 0 Å². The standard InChI is InChI=1S/C18H18ClFN2O2/c1-12(14-6-4-3-5-7-14)21-18(24)11-22(13(2)23)15-8-9-17(20)16(19)10-15/h3-10,12H,11H2,1-2H3,(H,21,24). The molecule has 6 heteroatoms. The second kappa shape index (κ2) is 7.93. The van der Waals surface area contributed by atoms with Crippen LogP contribution in [0.3, 0.4) is 0 Å². The number of anilines is 1. The summed E-state index contributed by atoms with van der Waals surface area (Å²) in [6.45, 7) is 3.03. The lowest BCUT2D eigenvalue weighted by Crippen LogP contribution is -2.40. The highest BCUT2D eigenvalue weighted by molar-refractivity contribution is 6.31. The summed E-state index contributed by atoms with van der Waals surface area (Å²) in [5, 5.41) is 2.74. The maximum Gasteiger partial charge on any atom is 0.240 e. The number of nitrogens with one attached hydrogen (secondary N) is 1. The van der Waals surface area contributed by atoms with Crippen molar-refractivity contribution in [3.63, 3.8) is 0 Å². The molecule has 0 aliphatic heterocycles. The van der Waals surface area contributed by atoms with Gasteiger partial charge in [-0.3, -0.25) is 9.59 Å². The molecule has 4 nitrogen and oxygen atoms in total. The van der Waals surface area contributed by atoms with Crippen molar-refractivity contribution in [2.75, 3.05) is 11.4 Å². The molecular formula is C18H18ClFN2O2. The quantitative estimate of drug-likeness (QED) is 0.895. The summed E-state index contributed by atoms with van der Waals surface area (Å²) in [7, 11) is 0. The lowest BCUT2D eigenvalue weighted by Gasteiger charge is -2.22. The summed E-state index contributed by atoms with van der Waals surface area (Å²) in [5.41, 5.74) is 1.33. The fourth-order valence-electron chi connectivity index (χ4n) is 2.29. The molecule has 1 atom stereocenters. The Balaban J connectivity index is 2.08. The van der Waals surface area contributed by atoms with Crippen molar-refractivity contribution in [1.29, 1.82) is 0 Å². The van der Waals surface area contributed by atoms with E-state index in [0.29, 0.717) is 5.69 Å². The lowest BCUT2D eigenvalue weighted by molar-refractivity contribution is -0.123. The fourth-order valence-corrected chi connectivity index (χ4v) is 2.47. The number of rotatable bonds is 5. The van der Waals surface area contributed by atoms with Gasteiger partial charge in [0.2, 0.25) is 11.8 Å². The third-order valence-electron chi connectivity index (χ3n) is 3.57. The van der Waals surface area contributed by atoms with E-state index >= 15 is 0 Å². The van der Waals surface area contributed by atoms with Gasteiger partial charge in [0.1, 0.15) is 12.4 Å². The van der Waals surface area contributed by atoms with E-state index in [1.807, 2.05) is 37.3 Å². The van der Waals surface area contributed by atoms with Crippen molar-refractivity contribution >= 4 is 29.1 Å². The van der Waals surface area contributed by atoms with Gasteiger partial charge in [0.15, 0.2) is 0 Å². The van der Waals surface area contributed by atoms with Crippen molar-refractivity contribution in [3.05, 3.63) is 64.9 Å². The van der Waals surface area contributed by atoms with Gasteiger partial charge in [-0.2, -0.15) is 0 Å². The largest absolute Gasteiger partial charge is 0.348 e. The van der Waals surface area contributed by atoms with Gasteiger partial charge in [0.05, 0.1) is 11.1 Å². The Labute approximate surface area is 145 Å². The molecule has 1 unspecified atom stereocenters. The molecule has 0 bridgehead atoms. The third-order valence-corrected chi connectivity index (χ3v) is 3.86. The number of hydrogen-bond donors (Lipinski definition) is 1.